The van der Waals surface area contributed by atoms with Crippen LogP contribution in [-0.2, 0) is 24.1 Å². The Kier molecular flexibility index (Phi) is 8.61. The fourth-order valence-electron chi connectivity index (χ4n) is 5.61. The van der Waals surface area contributed by atoms with Crippen molar-refractivity contribution in [2.45, 2.75) is 65.1 Å². The van der Waals surface area contributed by atoms with E-state index in [-0.39, 0.29) is 81.5 Å². The average molecular weight is 469 g/mol. The number of fused-ring (bicyclic) bond motifs is 1. The van der Waals surface area contributed by atoms with Gasteiger partial charge in [0.1, 0.15) is 12.7 Å². The Bertz CT molecular complexity index is 851. The molecule has 1 saturated carbocycles. The van der Waals surface area contributed by atoms with Gasteiger partial charge in [0.05, 0.1) is 18.3 Å². The maximum Gasteiger partial charge on any atom is 1.00 e. The smallest absolute Gasteiger partial charge is 0.726 e. The van der Waals surface area contributed by atoms with Gasteiger partial charge in [-0.25, -0.2) is 13.2 Å². The molecule has 0 unspecified atom stereocenters. The van der Waals surface area contributed by atoms with E-state index in [1.165, 1.54) is 5.57 Å². The van der Waals surface area contributed by atoms with Crippen LogP contribution in [0.3, 0.4) is 0 Å². The second-order valence-electron chi connectivity index (χ2n) is 8.98. The third-order valence-corrected chi connectivity index (χ3v) is 7.69. The molecule has 2 aliphatic carbocycles. The molecular weight excluding hydrogens is 439 g/mol. The zero-order chi connectivity index (χ0) is 21.6. The summed E-state index contributed by atoms with van der Waals surface area (Å²) in [4.78, 5) is 11.8. The summed E-state index contributed by atoms with van der Waals surface area (Å²) in [5, 5.41) is 20.7. The molecule has 2 fully saturated rings. The molecule has 3 aliphatic rings. The number of ether oxygens (including phenoxy) is 1. The van der Waals surface area contributed by atoms with Crippen LogP contribution in [0.2, 0.25) is 0 Å². The van der Waals surface area contributed by atoms with E-state index in [0.717, 1.165) is 18.4 Å². The summed E-state index contributed by atoms with van der Waals surface area (Å²) in [5.41, 5.74) is 1.33. The summed E-state index contributed by atoms with van der Waals surface area (Å²) in [6, 6.07) is 0. The number of rotatable bonds is 5. The molecule has 3 rings (SSSR count). The molecule has 0 amide bonds. The Morgan fingerprint density at radius 1 is 1.30 bits per heavy atom. The van der Waals surface area contributed by atoms with Crippen molar-refractivity contribution in [2.24, 2.45) is 16.7 Å². The van der Waals surface area contributed by atoms with Gasteiger partial charge in [0.25, 0.3) is 0 Å². The molecular formula is C20H29KO8S. The van der Waals surface area contributed by atoms with E-state index in [1.807, 2.05) is 6.92 Å². The summed E-state index contributed by atoms with van der Waals surface area (Å²) in [6.07, 6.45) is 3.11. The van der Waals surface area contributed by atoms with Crippen molar-refractivity contribution in [1.82, 2.24) is 0 Å². The molecule has 0 bridgehead atoms. The van der Waals surface area contributed by atoms with Gasteiger partial charge in [0.15, 0.2) is 0 Å². The number of carbonyl (C=O) groups excluding carboxylic acids is 1. The fourth-order valence-corrected chi connectivity index (χ4v) is 6.01. The van der Waals surface area contributed by atoms with Crippen LogP contribution in [0, 0.1) is 16.7 Å². The normalized spacial score (nSPS) is 38.3. The molecule has 0 spiro atoms. The Morgan fingerprint density at radius 2 is 1.97 bits per heavy atom. The van der Waals surface area contributed by atoms with Gasteiger partial charge in [-0.1, -0.05) is 31.1 Å². The van der Waals surface area contributed by atoms with Crippen molar-refractivity contribution in [3.63, 3.8) is 0 Å². The molecule has 5 atom stereocenters. The maximum atomic E-state index is 11.8. The minimum absolute atomic E-state index is 0. The number of aliphatic hydroxyl groups is 2. The van der Waals surface area contributed by atoms with Gasteiger partial charge in [0.2, 0.25) is 10.4 Å². The molecule has 8 nitrogen and oxygen atoms in total. The molecule has 10 heteroatoms. The van der Waals surface area contributed by atoms with Crippen LogP contribution < -0.4 is 51.4 Å². The van der Waals surface area contributed by atoms with Crippen LogP contribution in [0.15, 0.2) is 22.8 Å². The minimum Gasteiger partial charge on any atom is -0.726 e. The first-order valence-corrected chi connectivity index (χ1v) is 11.2. The number of cyclic esters (lactones) is 1. The molecule has 2 N–H and O–H groups in total. The van der Waals surface area contributed by atoms with Gasteiger partial charge >= 0.3 is 57.4 Å². The number of aliphatic hydroxyl groups excluding tert-OH is 2. The second kappa shape index (κ2) is 9.70. The van der Waals surface area contributed by atoms with Gasteiger partial charge in [-0.3, -0.25) is 4.18 Å². The van der Waals surface area contributed by atoms with Crippen molar-refractivity contribution in [2.75, 3.05) is 13.2 Å². The van der Waals surface area contributed by atoms with Gasteiger partial charge < -0.3 is 19.5 Å². The Balaban J connectivity index is 0.00000320. The van der Waals surface area contributed by atoms with Crippen LogP contribution in [0.5, 0.6) is 0 Å². The summed E-state index contributed by atoms with van der Waals surface area (Å²) in [6.45, 7) is 5.51. The number of esters is 1. The largest absolute Gasteiger partial charge is 1.00 e. The number of allylic oxidation sites excluding steroid dienone is 3. The fraction of sp³-hybridized carbons (Fsp3) is 0.750. The van der Waals surface area contributed by atoms with E-state index in [2.05, 4.69) is 11.1 Å². The van der Waals surface area contributed by atoms with Crippen LogP contribution in [0.1, 0.15) is 52.9 Å². The predicted molar refractivity (Wildman–Crippen MR) is 102 cm³/mol. The summed E-state index contributed by atoms with van der Waals surface area (Å²) in [7, 11) is -4.86. The van der Waals surface area contributed by atoms with Crippen molar-refractivity contribution in [3.05, 3.63) is 22.8 Å². The van der Waals surface area contributed by atoms with Crippen molar-refractivity contribution < 1.29 is 88.3 Å². The zero-order valence-corrected chi connectivity index (χ0v) is 22.0. The van der Waals surface area contributed by atoms with E-state index in [4.69, 9.17) is 4.74 Å². The first kappa shape index (κ1) is 26.6. The van der Waals surface area contributed by atoms with E-state index in [9.17, 15) is 28.0 Å². The Morgan fingerprint density at radius 3 is 2.53 bits per heavy atom. The van der Waals surface area contributed by atoms with Crippen molar-refractivity contribution >= 4 is 16.4 Å². The van der Waals surface area contributed by atoms with E-state index >= 15 is 0 Å². The molecule has 1 heterocycles. The average Bonchev–Trinajstić information content (AvgIpc) is 2.94. The standard InChI is InChI=1S/C20H30O8S.K/c1-12-4-7-16-19(2,14(12)6-5-13-15(21)10-27-18(13)23)9-8-17(22)20(16,3)11-28-29(24,25)26;/h5,15-17,21-22H,4,6-11H2,1-3H3,(H,24,25,26);/q;+1/p-1/b13-5+;/t15-,16+,17-,19+,20+;/m1./s1. The van der Waals surface area contributed by atoms with Gasteiger partial charge in [0, 0.05) is 5.41 Å². The molecule has 164 valence electrons. The van der Waals surface area contributed by atoms with Crippen molar-refractivity contribution in [1.29, 1.82) is 0 Å². The third-order valence-electron chi connectivity index (χ3n) is 7.28. The number of hydrogen-bond donors (Lipinski definition) is 2. The van der Waals surface area contributed by atoms with Gasteiger partial charge in [-0.2, -0.15) is 0 Å². The van der Waals surface area contributed by atoms with E-state index in [0.29, 0.717) is 19.3 Å². The molecule has 30 heavy (non-hydrogen) atoms. The topological polar surface area (TPSA) is 133 Å². The Labute approximate surface area is 220 Å². The van der Waals surface area contributed by atoms with Gasteiger partial charge in [-0.05, 0) is 50.4 Å². The van der Waals surface area contributed by atoms with E-state index < -0.39 is 34.0 Å². The summed E-state index contributed by atoms with van der Waals surface area (Å²) < 4.78 is 42.6. The third kappa shape index (κ3) is 5.13. The molecule has 0 aromatic heterocycles. The summed E-state index contributed by atoms with van der Waals surface area (Å²) >= 11 is 0. The zero-order valence-electron chi connectivity index (χ0n) is 18.0. The second-order valence-corrected chi connectivity index (χ2v) is 10.0. The Hall–Kier alpha value is 0.376. The predicted octanol–water partition coefficient (Wildman–Crippen LogP) is -1.40. The number of carbonyl (C=O) groups is 1. The first-order chi connectivity index (χ1) is 13.4. The molecule has 1 saturated heterocycles. The molecule has 0 aromatic rings. The first-order valence-electron chi connectivity index (χ1n) is 9.91. The molecule has 0 aromatic carbocycles. The SMILES string of the molecule is CC1=C(C/C=C2/C(=O)OC[C@H]2O)[C@]2(C)CC[C@@H](O)[C@@](C)(COS(=O)(=O)[O-])[C@H]2CC1.[K+]. The quantitative estimate of drug-likeness (QED) is 0.126. The van der Waals surface area contributed by atoms with Gasteiger partial charge in [-0.15, -0.1) is 0 Å². The molecule has 1 aliphatic heterocycles. The van der Waals surface area contributed by atoms with E-state index in [1.54, 1.807) is 13.0 Å². The van der Waals surface area contributed by atoms with Crippen LogP contribution >= 0.6 is 0 Å². The minimum atomic E-state index is -4.86. The van der Waals surface area contributed by atoms with Crippen molar-refractivity contribution in [3.8, 4) is 0 Å². The van der Waals surface area contributed by atoms with Crippen LogP contribution in [-0.4, -0.2) is 54.6 Å². The monoisotopic (exact) mass is 468 g/mol. The molecule has 0 radical (unpaired) electrons. The maximum absolute atomic E-state index is 11.8. The van der Waals surface area contributed by atoms with Crippen LogP contribution in [0.25, 0.3) is 0 Å². The number of hydrogen-bond acceptors (Lipinski definition) is 8. The summed E-state index contributed by atoms with van der Waals surface area (Å²) in [5.74, 6) is -0.607. The van der Waals surface area contributed by atoms with Crippen LogP contribution in [0.4, 0.5) is 0 Å².